The third-order valence-electron chi connectivity index (χ3n) is 5.80. The zero-order chi connectivity index (χ0) is 18.2. The van der Waals surface area contributed by atoms with Gasteiger partial charge < -0.3 is 10.1 Å². The third-order valence-corrected chi connectivity index (χ3v) is 5.80. The second kappa shape index (κ2) is 6.69. The molecule has 27 heavy (non-hydrogen) atoms. The number of aromatic nitrogens is 1. The van der Waals surface area contributed by atoms with Crippen molar-refractivity contribution in [2.45, 2.75) is 37.8 Å². The molecule has 2 aliphatic rings. The van der Waals surface area contributed by atoms with Crippen LogP contribution < -0.4 is 10.1 Å². The number of hydrogen-bond donors (Lipinski definition) is 1. The van der Waals surface area contributed by atoms with E-state index in [0.717, 1.165) is 42.3 Å². The van der Waals surface area contributed by atoms with Crippen molar-refractivity contribution in [2.24, 2.45) is 5.92 Å². The number of hydrogen-bond acceptors (Lipinski definition) is 3. The molecule has 2 aliphatic carbocycles. The lowest BCUT2D eigenvalue weighted by Gasteiger charge is -2.35. The summed E-state index contributed by atoms with van der Waals surface area (Å²) in [5.74, 6) is 1.01. The fourth-order valence-electron chi connectivity index (χ4n) is 4.22. The Bertz CT molecular complexity index is 989. The Morgan fingerprint density at radius 2 is 1.89 bits per heavy atom. The highest BCUT2D eigenvalue weighted by atomic mass is 16.5. The van der Waals surface area contributed by atoms with Crippen LogP contribution in [0.25, 0.3) is 10.9 Å². The first-order valence-electron chi connectivity index (χ1n) is 9.66. The number of benzene rings is 2. The second-order valence-corrected chi connectivity index (χ2v) is 7.54. The number of ether oxygens (including phenoxy) is 1. The molecule has 1 aromatic heterocycles. The van der Waals surface area contributed by atoms with Gasteiger partial charge in [-0.2, -0.15) is 0 Å². The fourth-order valence-corrected chi connectivity index (χ4v) is 4.22. The molecule has 0 spiro atoms. The van der Waals surface area contributed by atoms with E-state index in [4.69, 9.17) is 4.74 Å². The summed E-state index contributed by atoms with van der Waals surface area (Å²) in [5, 5.41) is 4.32. The van der Waals surface area contributed by atoms with Crippen LogP contribution in [-0.2, 0) is 11.2 Å². The van der Waals surface area contributed by atoms with Crippen LogP contribution in [0.4, 0.5) is 0 Å². The zero-order valence-corrected chi connectivity index (χ0v) is 15.1. The van der Waals surface area contributed by atoms with Crippen molar-refractivity contribution in [2.75, 3.05) is 0 Å². The maximum Gasteiger partial charge on any atom is 0.223 e. The maximum absolute atomic E-state index is 12.6. The summed E-state index contributed by atoms with van der Waals surface area (Å²) in [6.45, 7) is 0. The van der Waals surface area contributed by atoms with Crippen LogP contribution >= 0.6 is 0 Å². The molecule has 0 radical (unpaired) electrons. The van der Waals surface area contributed by atoms with E-state index in [1.807, 2.05) is 30.3 Å². The van der Waals surface area contributed by atoms with Gasteiger partial charge in [0, 0.05) is 17.5 Å². The number of carbonyl (C=O) groups excluding carboxylic acids is 1. The minimum Gasteiger partial charge on any atom is -0.488 e. The zero-order valence-electron chi connectivity index (χ0n) is 15.1. The van der Waals surface area contributed by atoms with Crippen LogP contribution in [0, 0.1) is 5.92 Å². The molecule has 4 nitrogen and oxygen atoms in total. The molecule has 1 amide bonds. The predicted octanol–water partition coefficient (Wildman–Crippen LogP) is 4.20. The van der Waals surface area contributed by atoms with Gasteiger partial charge in [0.05, 0.1) is 6.04 Å². The van der Waals surface area contributed by atoms with Gasteiger partial charge in [-0.25, -0.2) is 0 Å². The predicted molar refractivity (Wildman–Crippen MR) is 105 cm³/mol. The Morgan fingerprint density at radius 1 is 1.04 bits per heavy atom. The number of rotatable bonds is 4. The number of pyridine rings is 1. The second-order valence-electron chi connectivity index (χ2n) is 7.54. The molecule has 5 rings (SSSR count). The summed E-state index contributed by atoms with van der Waals surface area (Å²) in [7, 11) is 0. The normalized spacial score (nSPS) is 23.5. The molecule has 1 atom stereocenters. The summed E-state index contributed by atoms with van der Waals surface area (Å²) in [5.41, 5.74) is 3.52. The van der Waals surface area contributed by atoms with Crippen molar-refractivity contribution in [3.63, 3.8) is 0 Å². The topological polar surface area (TPSA) is 51.2 Å². The maximum atomic E-state index is 12.6. The molecule has 0 bridgehead atoms. The van der Waals surface area contributed by atoms with Gasteiger partial charge in [0.15, 0.2) is 0 Å². The van der Waals surface area contributed by atoms with Crippen molar-refractivity contribution >= 4 is 16.8 Å². The summed E-state index contributed by atoms with van der Waals surface area (Å²) >= 11 is 0. The van der Waals surface area contributed by atoms with Gasteiger partial charge >= 0.3 is 0 Å². The molecule has 1 unspecified atom stereocenters. The van der Waals surface area contributed by atoms with Crippen LogP contribution in [0.1, 0.15) is 36.4 Å². The molecule has 136 valence electrons. The van der Waals surface area contributed by atoms with Crippen molar-refractivity contribution in [3.05, 3.63) is 71.9 Å². The summed E-state index contributed by atoms with van der Waals surface area (Å²) in [6.07, 6.45) is 5.45. The Balaban J connectivity index is 1.19. The van der Waals surface area contributed by atoms with E-state index in [0.29, 0.717) is 0 Å². The van der Waals surface area contributed by atoms with Crippen molar-refractivity contribution in [1.82, 2.24) is 10.3 Å². The number of para-hydroxylation sites is 1. The Morgan fingerprint density at radius 3 is 2.81 bits per heavy atom. The van der Waals surface area contributed by atoms with E-state index < -0.39 is 0 Å². The molecule has 1 saturated carbocycles. The molecule has 3 aromatic rings. The van der Waals surface area contributed by atoms with Crippen LogP contribution in [0.3, 0.4) is 0 Å². The average molecular weight is 358 g/mol. The molecule has 1 fully saturated rings. The third kappa shape index (κ3) is 3.05. The number of fused-ring (bicyclic) bond motifs is 2. The lowest BCUT2D eigenvalue weighted by Crippen LogP contribution is -2.44. The standard InChI is InChI=1S/C23H22N2O2/c26-23(25-20-11-10-15-5-1-2-8-19(15)20)17-13-18(14-17)27-21-9-3-6-16-7-4-12-24-22(16)21/h1-9,12,17-18,20H,10-11,13-14H2,(H,25,26). The van der Waals surface area contributed by atoms with Gasteiger partial charge in [0.25, 0.3) is 0 Å². The fraction of sp³-hybridized carbons (Fsp3) is 0.304. The molecule has 0 aliphatic heterocycles. The molecule has 1 N–H and O–H groups in total. The Kier molecular flexibility index (Phi) is 4.04. The van der Waals surface area contributed by atoms with Crippen LogP contribution in [0.2, 0.25) is 0 Å². The summed E-state index contributed by atoms with van der Waals surface area (Å²) < 4.78 is 6.13. The number of nitrogens with one attached hydrogen (secondary N) is 1. The average Bonchev–Trinajstić information content (AvgIpc) is 3.07. The number of carbonyl (C=O) groups is 1. The molecule has 1 heterocycles. The Labute approximate surface area is 158 Å². The lowest BCUT2D eigenvalue weighted by molar-refractivity contribution is -0.131. The first-order valence-corrected chi connectivity index (χ1v) is 9.66. The highest BCUT2D eigenvalue weighted by Gasteiger charge is 2.37. The largest absolute Gasteiger partial charge is 0.488 e. The summed E-state index contributed by atoms with van der Waals surface area (Å²) in [6, 6.07) is 18.5. The van der Waals surface area contributed by atoms with Crippen molar-refractivity contribution in [3.8, 4) is 5.75 Å². The van der Waals surface area contributed by atoms with Crippen molar-refractivity contribution < 1.29 is 9.53 Å². The smallest absolute Gasteiger partial charge is 0.223 e. The highest BCUT2D eigenvalue weighted by Crippen LogP contribution is 2.36. The van der Waals surface area contributed by atoms with E-state index in [-0.39, 0.29) is 24.0 Å². The van der Waals surface area contributed by atoms with Crippen molar-refractivity contribution in [1.29, 1.82) is 0 Å². The van der Waals surface area contributed by atoms with Crippen LogP contribution in [0.5, 0.6) is 5.75 Å². The lowest BCUT2D eigenvalue weighted by atomic mass is 9.81. The monoisotopic (exact) mass is 358 g/mol. The van der Waals surface area contributed by atoms with Gasteiger partial charge in [-0.3, -0.25) is 9.78 Å². The Hall–Kier alpha value is -2.88. The molecule has 4 heteroatoms. The van der Waals surface area contributed by atoms with E-state index >= 15 is 0 Å². The highest BCUT2D eigenvalue weighted by molar-refractivity contribution is 5.84. The first-order chi connectivity index (χ1) is 13.3. The molecular weight excluding hydrogens is 336 g/mol. The van der Waals surface area contributed by atoms with Crippen LogP contribution in [0.15, 0.2) is 60.8 Å². The van der Waals surface area contributed by atoms with E-state index in [9.17, 15) is 4.79 Å². The summed E-state index contributed by atoms with van der Waals surface area (Å²) in [4.78, 5) is 17.1. The van der Waals surface area contributed by atoms with Gasteiger partial charge in [-0.15, -0.1) is 0 Å². The number of amides is 1. The SMILES string of the molecule is O=C(NC1CCc2ccccc21)C1CC(Oc2cccc3cccnc23)C1. The molecular formula is C23H22N2O2. The van der Waals surface area contributed by atoms with Crippen LogP contribution in [-0.4, -0.2) is 17.0 Å². The minimum atomic E-state index is 0.0469. The van der Waals surface area contributed by atoms with Gasteiger partial charge in [0.1, 0.15) is 17.4 Å². The van der Waals surface area contributed by atoms with E-state index in [1.54, 1.807) is 6.20 Å². The van der Waals surface area contributed by atoms with E-state index in [1.165, 1.54) is 11.1 Å². The van der Waals surface area contributed by atoms with Gasteiger partial charge in [-0.1, -0.05) is 42.5 Å². The minimum absolute atomic E-state index is 0.0469. The number of nitrogens with zero attached hydrogens (tertiary/aromatic N) is 1. The van der Waals surface area contributed by atoms with Gasteiger partial charge in [-0.05, 0) is 48.9 Å². The number of aryl methyl sites for hydroxylation is 1. The quantitative estimate of drug-likeness (QED) is 0.761. The first kappa shape index (κ1) is 16.3. The molecule has 0 saturated heterocycles. The van der Waals surface area contributed by atoms with Gasteiger partial charge in [0.2, 0.25) is 5.91 Å². The van der Waals surface area contributed by atoms with E-state index in [2.05, 4.69) is 34.6 Å². The molecule has 2 aromatic carbocycles.